The smallest absolute Gasteiger partial charge is 0.338 e. The average Bonchev–Trinajstić information content (AvgIpc) is 3.05. The summed E-state index contributed by atoms with van der Waals surface area (Å²) in [7, 11) is 1.92. The summed E-state index contributed by atoms with van der Waals surface area (Å²) in [4.78, 5) is 25.4. The molecule has 0 spiro atoms. The topological polar surface area (TPSA) is 68.5 Å². The maximum atomic E-state index is 13.1. The normalized spacial score (nSPS) is 10.8. The monoisotopic (exact) mass is 385 g/mol. The predicted octanol–water partition coefficient (Wildman–Crippen LogP) is 4.59. The fourth-order valence-electron chi connectivity index (χ4n) is 3.53. The van der Waals surface area contributed by atoms with E-state index in [1.807, 2.05) is 66.2 Å². The van der Waals surface area contributed by atoms with E-state index in [1.165, 1.54) is 18.2 Å². The van der Waals surface area contributed by atoms with Crippen LogP contribution in [0.2, 0.25) is 0 Å². The lowest BCUT2D eigenvalue weighted by Crippen LogP contribution is -2.15. The lowest BCUT2D eigenvalue weighted by Gasteiger charge is -2.09. The molecular weight excluding hydrogens is 366 g/mol. The Bertz CT molecular complexity index is 1210. The van der Waals surface area contributed by atoms with Gasteiger partial charge in [-0.2, -0.15) is 0 Å². The largest absolute Gasteiger partial charge is 0.508 e. The molecule has 0 atom stereocenters. The molecule has 1 N–H and O–H groups in total. The number of esters is 1. The highest BCUT2D eigenvalue weighted by atomic mass is 16.5. The van der Waals surface area contributed by atoms with Gasteiger partial charge in [0.05, 0.1) is 16.8 Å². The zero-order valence-electron chi connectivity index (χ0n) is 15.8. The number of benzene rings is 3. The molecule has 0 unspecified atom stereocenters. The number of Topliss-reactive ketones (excluding diaryl/α,β-unsaturated/α-hetero) is 1. The van der Waals surface area contributed by atoms with Crippen molar-refractivity contribution in [2.45, 2.75) is 0 Å². The summed E-state index contributed by atoms with van der Waals surface area (Å²) in [6.07, 6.45) is 0. The van der Waals surface area contributed by atoms with Crippen LogP contribution in [0.5, 0.6) is 5.75 Å². The first kappa shape index (κ1) is 18.5. The van der Waals surface area contributed by atoms with Gasteiger partial charge in [-0.15, -0.1) is 0 Å². The number of fused-ring (bicyclic) bond motifs is 1. The van der Waals surface area contributed by atoms with Crippen LogP contribution in [-0.4, -0.2) is 28.0 Å². The summed E-state index contributed by atoms with van der Waals surface area (Å²) in [6, 6.07) is 23.2. The van der Waals surface area contributed by atoms with Gasteiger partial charge in [-0.05, 0) is 29.8 Å². The first-order chi connectivity index (χ1) is 14.1. The number of nitrogens with zero attached hydrogens (tertiary/aromatic N) is 1. The molecule has 29 heavy (non-hydrogen) atoms. The minimum Gasteiger partial charge on any atom is -0.508 e. The van der Waals surface area contributed by atoms with E-state index in [0.717, 1.165) is 22.2 Å². The quantitative estimate of drug-likeness (QED) is 0.403. The maximum Gasteiger partial charge on any atom is 0.338 e. The number of hydrogen-bond donors (Lipinski definition) is 1. The molecule has 0 aliphatic heterocycles. The van der Waals surface area contributed by atoms with Gasteiger partial charge in [0.25, 0.3) is 0 Å². The number of carbonyl (C=O) groups is 2. The van der Waals surface area contributed by atoms with Crippen molar-refractivity contribution in [2.24, 2.45) is 7.05 Å². The van der Waals surface area contributed by atoms with Gasteiger partial charge in [-0.25, -0.2) is 4.79 Å². The fraction of sp³-hybridized carbons (Fsp3) is 0.0833. The molecule has 5 heteroatoms. The second-order valence-electron chi connectivity index (χ2n) is 6.72. The summed E-state index contributed by atoms with van der Waals surface area (Å²) in [6.45, 7) is -0.387. The van der Waals surface area contributed by atoms with Crippen molar-refractivity contribution in [3.63, 3.8) is 0 Å². The average molecular weight is 385 g/mol. The fourth-order valence-corrected chi connectivity index (χ4v) is 3.53. The summed E-state index contributed by atoms with van der Waals surface area (Å²) < 4.78 is 7.22. The highest BCUT2D eigenvalue weighted by molar-refractivity contribution is 6.14. The molecule has 1 aromatic heterocycles. The first-order valence-electron chi connectivity index (χ1n) is 9.18. The molecular formula is C24H19NO4. The van der Waals surface area contributed by atoms with Crippen LogP contribution >= 0.6 is 0 Å². The summed E-state index contributed by atoms with van der Waals surface area (Å²) in [5.41, 5.74) is 3.34. The van der Waals surface area contributed by atoms with E-state index in [0.29, 0.717) is 5.56 Å². The molecule has 144 valence electrons. The number of aromatic nitrogens is 1. The van der Waals surface area contributed by atoms with Gasteiger partial charge in [0, 0.05) is 18.0 Å². The Morgan fingerprint density at radius 1 is 0.931 bits per heavy atom. The first-order valence-corrected chi connectivity index (χ1v) is 9.18. The molecule has 0 radical (unpaired) electrons. The van der Waals surface area contributed by atoms with Crippen molar-refractivity contribution < 1.29 is 19.4 Å². The maximum absolute atomic E-state index is 13.1. The minimum absolute atomic E-state index is 0.0359. The zero-order chi connectivity index (χ0) is 20.4. The van der Waals surface area contributed by atoms with Crippen LogP contribution in [0.4, 0.5) is 0 Å². The SMILES string of the molecule is Cn1c(-c2ccccc2)c(C(=O)COC(=O)c2cccc(O)c2)c2ccccc21. The van der Waals surface area contributed by atoms with Crippen LogP contribution in [0.3, 0.4) is 0 Å². The number of ketones is 1. The van der Waals surface area contributed by atoms with E-state index in [-0.39, 0.29) is 23.7 Å². The standard InChI is InChI=1S/C24H19NO4/c1-25-20-13-6-5-12-19(20)22(23(25)16-8-3-2-4-9-16)21(27)15-29-24(28)17-10-7-11-18(26)14-17/h2-14,26H,15H2,1H3. The molecule has 0 fully saturated rings. The number of aromatic hydroxyl groups is 1. The van der Waals surface area contributed by atoms with Crippen LogP contribution in [0.1, 0.15) is 20.7 Å². The Morgan fingerprint density at radius 2 is 1.66 bits per heavy atom. The highest BCUT2D eigenvalue weighted by Crippen LogP contribution is 2.33. The molecule has 1 heterocycles. The molecule has 4 rings (SSSR count). The molecule has 3 aromatic carbocycles. The lowest BCUT2D eigenvalue weighted by atomic mass is 10.0. The van der Waals surface area contributed by atoms with E-state index in [1.54, 1.807) is 6.07 Å². The van der Waals surface area contributed by atoms with Crippen LogP contribution in [0.15, 0.2) is 78.9 Å². The zero-order valence-corrected chi connectivity index (χ0v) is 15.8. The van der Waals surface area contributed by atoms with Gasteiger partial charge in [0.1, 0.15) is 5.75 Å². The van der Waals surface area contributed by atoms with Gasteiger partial charge < -0.3 is 14.4 Å². The molecule has 0 amide bonds. The third kappa shape index (κ3) is 3.50. The Morgan fingerprint density at radius 3 is 2.41 bits per heavy atom. The number of phenols is 1. The molecule has 0 bridgehead atoms. The van der Waals surface area contributed by atoms with Gasteiger partial charge in [0.2, 0.25) is 5.78 Å². The van der Waals surface area contributed by atoms with E-state index >= 15 is 0 Å². The van der Waals surface area contributed by atoms with Crippen molar-refractivity contribution >= 4 is 22.7 Å². The Kier molecular flexibility index (Phi) is 4.87. The van der Waals surface area contributed by atoms with Gasteiger partial charge in [-0.1, -0.05) is 54.6 Å². The van der Waals surface area contributed by atoms with Crippen LogP contribution in [-0.2, 0) is 11.8 Å². The third-order valence-electron chi connectivity index (χ3n) is 4.85. The number of phenolic OH excluding ortho intramolecular Hbond substituents is 1. The van der Waals surface area contributed by atoms with Crippen molar-refractivity contribution in [2.75, 3.05) is 6.61 Å². The second-order valence-corrected chi connectivity index (χ2v) is 6.72. The summed E-state index contributed by atoms with van der Waals surface area (Å²) >= 11 is 0. The van der Waals surface area contributed by atoms with Crippen molar-refractivity contribution in [3.05, 3.63) is 90.0 Å². The summed E-state index contributed by atoms with van der Waals surface area (Å²) in [5, 5.41) is 10.3. The van der Waals surface area contributed by atoms with Gasteiger partial charge >= 0.3 is 5.97 Å². The Hall–Kier alpha value is -3.86. The van der Waals surface area contributed by atoms with Crippen LogP contribution in [0.25, 0.3) is 22.2 Å². The van der Waals surface area contributed by atoms with Gasteiger partial charge in [-0.3, -0.25) is 4.79 Å². The molecule has 0 aliphatic rings. The van der Waals surface area contributed by atoms with Crippen LogP contribution < -0.4 is 0 Å². The third-order valence-corrected chi connectivity index (χ3v) is 4.85. The number of carbonyl (C=O) groups excluding carboxylic acids is 2. The van der Waals surface area contributed by atoms with E-state index in [9.17, 15) is 14.7 Å². The second kappa shape index (κ2) is 7.64. The highest BCUT2D eigenvalue weighted by Gasteiger charge is 2.23. The molecule has 0 saturated carbocycles. The number of hydrogen-bond acceptors (Lipinski definition) is 4. The number of rotatable bonds is 5. The molecule has 0 aliphatic carbocycles. The van der Waals surface area contributed by atoms with E-state index < -0.39 is 5.97 Å². The summed E-state index contributed by atoms with van der Waals surface area (Å²) in [5.74, 6) is -0.976. The number of ether oxygens (including phenoxy) is 1. The van der Waals surface area contributed by atoms with Crippen molar-refractivity contribution in [1.29, 1.82) is 0 Å². The van der Waals surface area contributed by atoms with Crippen LogP contribution in [0, 0.1) is 0 Å². The van der Waals surface area contributed by atoms with E-state index in [2.05, 4.69) is 0 Å². The lowest BCUT2D eigenvalue weighted by molar-refractivity contribution is 0.0475. The number of para-hydroxylation sites is 1. The Balaban J connectivity index is 1.69. The molecule has 5 nitrogen and oxygen atoms in total. The molecule has 0 saturated heterocycles. The molecule has 4 aromatic rings. The minimum atomic E-state index is -0.657. The van der Waals surface area contributed by atoms with Crippen molar-refractivity contribution in [1.82, 2.24) is 4.57 Å². The van der Waals surface area contributed by atoms with E-state index in [4.69, 9.17) is 4.74 Å². The van der Waals surface area contributed by atoms with Gasteiger partial charge in [0.15, 0.2) is 6.61 Å². The van der Waals surface area contributed by atoms with Crippen molar-refractivity contribution in [3.8, 4) is 17.0 Å². The number of aryl methyl sites for hydroxylation is 1. The predicted molar refractivity (Wildman–Crippen MR) is 111 cm³/mol. The Labute approximate surface area is 167 Å².